The average Bonchev–Trinajstić information content (AvgIpc) is 2.60. The van der Waals surface area contributed by atoms with Gasteiger partial charge in [-0.25, -0.2) is 0 Å². The second-order valence-corrected chi connectivity index (χ2v) is 4.14. The van der Waals surface area contributed by atoms with Crippen molar-refractivity contribution in [2.45, 2.75) is 5.92 Å². The van der Waals surface area contributed by atoms with E-state index in [9.17, 15) is 10.2 Å². The van der Waals surface area contributed by atoms with Gasteiger partial charge in [0.1, 0.15) is 11.5 Å². The highest BCUT2D eigenvalue weighted by Gasteiger charge is 2.27. The lowest BCUT2D eigenvalue weighted by Gasteiger charge is -2.05. The fraction of sp³-hybridized carbons (Fsp3) is 0.0667. The van der Waals surface area contributed by atoms with Crippen LogP contribution in [0.1, 0.15) is 17.0 Å². The van der Waals surface area contributed by atoms with E-state index in [0.717, 1.165) is 22.3 Å². The zero-order chi connectivity index (χ0) is 12.0. The van der Waals surface area contributed by atoms with Gasteiger partial charge in [0.05, 0.1) is 5.92 Å². The topological polar surface area (TPSA) is 40.5 Å². The van der Waals surface area contributed by atoms with E-state index < -0.39 is 0 Å². The molecular formula is C15H10O2. The van der Waals surface area contributed by atoms with E-state index in [2.05, 4.69) is 5.92 Å². The van der Waals surface area contributed by atoms with Gasteiger partial charge in [0.15, 0.2) is 0 Å². The van der Waals surface area contributed by atoms with Crippen molar-refractivity contribution in [1.82, 2.24) is 0 Å². The Bertz CT molecular complexity index is 599. The van der Waals surface area contributed by atoms with Crippen molar-refractivity contribution in [2.24, 2.45) is 0 Å². The van der Waals surface area contributed by atoms with E-state index in [0.29, 0.717) is 0 Å². The summed E-state index contributed by atoms with van der Waals surface area (Å²) < 4.78 is 0. The van der Waals surface area contributed by atoms with Gasteiger partial charge in [0.25, 0.3) is 0 Å². The number of benzene rings is 2. The Kier molecular flexibility index (Phi) is 1.90. The number of fused-ring (bicyclic) bond motifs is 3. The minimum atomic E-state index is -0.195. The molecule has 0 amide bonds. The lowest BCUT2D eigenvalue weighted by atomic mass is 9.98. The molecule has 2 aromatic carbocycles. The Labute approximate surface area is 99.2 Å². The van der Waals surface area contributed by atoms with Crippen LogP contribution < -0.4 is 0 Å². The fourth-order valence-corrected chi connectivity index (χ4v) is 2.42. The van der Waals surface area contributed by atoms with Crippen LogP contribution in [0.4, 0.5) is 0 Å². The first-order valence-corrected chi connectivity index (χ1v) is 5.33. The van der Waals surface area contributed by atoms with Gasteiger partial charge in [-0.15, -0.1) is 6.42 Å². The molecule has 0 aromatic heterocycles. The summed E-state index contributed by atoms with van der Waals surface area (Å²) in [6.07, 6.45) is 5.55. The standard InChI is InChI=1S/C15H10O2/c1-2-11-14-7-9(16)3-5-12(14)13-6-4-10(17)8-15(11)13/h1,3-8,11,16-17H. The van der Waals surface area contributed by atoms with Crippen LogP contribution in [0, 0.1) is 12.3 Å². The molecule has 0 saturated carbocycles. The van der Waals surface area contributed by atoms with Crippen LogP contribution in [-0.4, -0.2) is 10.2 Å². The van der Waals surface area contributed by atoms with Gasteiger partial charge in [-0.1, -0.05) is 18.1 Å². The largest absolute Gasteiger partial charge is 0.508 e. The van der Waals surface area contributed by atoms with Crippen LogP contribution in [-0.2, 0) is 0 Å². The van der Waals surface area contributed by atoms with Gasteiger partial charge in [-0.3, -0.25) is 0 Å². The fourth-order valence-electron chi connectivity index (χ4n) is 2.42. The Hall–Kier alpha value is -2.40. The zero-order valence-corrected chi connectivity index (χ0v) is 9.01. The summed E-state index contributed by atoms with van der Waals surface area (Å²) >= 11 is 0. The van der Waals surface area contributed by atoms with Crippen molar-refractivity contribution in [3.63, 3.8) is 0 Å². The third-order valence-electron chi connectivity index (χ3n) is 3.15. The van der Waals surface area contributed by atoms with Crippen LogP contribution in [0.5, 0.6) is 11.5 Å². The van der Waals surface area contributed by atoms with Gasteiger partial charge in [-0.2, -0.15) is 0 Å². The quantitative estimate of drug-likeness (QED) is 0.673. The summed E-state index contributed by atoms with van der Waals surface area (Å²) in [6.45, 7) is 0. The Morgan fingerprint density at radius 3 is 1.76 bits per heavy atom. The number of aromatic hydroxyl groups is 2. The van der Waals surface area contributed by atoms with E-state index in [4.69, 9.17) is 6.42 Å². The van der Waals surface area contributed by atoms with E-state index in [-0.39, 0.29) is 17.4 Å². The molecule has 82 valence electrons. The first-order chi connectivity index (χ1) is 8.20. The zero-order valence-electron chi connectivity index (χ0n) is 9.01. The summed E-state index contributed by atoms with van der Waals surface area (Å²) in [4.78, 5) is 0. The molecule has 2 N–H and O–H groups in total. The molecular weight excluding hydrogens is 212 g/mol. The first-order valence-electron chi connectivity index (χ1n) is 5.33. The molecule has 0 saturated heterocycles. The monoisotopic (exact) mass is 222 g/mol. The van der Waals surface area contributed by atoms with Crippen molar-refractivity contribution in [3.8, 4) is 35.0 Å². The van der Waals surface area contributed by atoms with E-state index >= 15 is 0 Å². The molecule has 0 heterocycles. The van der Waals surface area contributed by atoms with E-state index in [1.54, 1.807) is 24.3 Å². The summed E-state index contributed by atoms with van der Waals surface area (Å²) in [6, 6.07) is 10.4. The Morgan fingerprint density at radius 1 is 0.882 bits per heavy atom. The minimum absolute atomic E-state index is 0.195. The molecule has 17 heavy (non-hydrogen) atoms. The molecule has 2 heteroatoms. The number of terminal acetylenes is 1. The lowest BCUT2D eigenvalue weighted by Crippen LogP contribution is -1.91. The van der Waals surface area contributed by atoms with Crippen LogP contribution in [0.2, 0.25) is 0 Å². The van der Waals surface area contributed by atoms with Crippen molar-refractivity contribution in [3.05, 3.63) is 47.5 Å². The number of hydrogen-bond acceptors (Lipinski definition) is 2. The highest BCUT2D eigenvalue weighted by molar-refractivity contribution is 5.81. The smallest absolute Gasteiger partial charge is 0.115 e. The third-order valence-corrected chi connectivity index (χ3v) is 3.15. The van der Waals surface area contributed by atoms with Gasteiger partial charge < -0.3 is 10.2 Å². The molecule has 0 radical (unpaired) electrons. The first kappa shape index (κ1) is 9.80. The van der Waals surface area contributed by atoms with E-state index in [1.807, 2.05) is 12.1 Å². The maximum absolute atomic E-state index is 9.53. The molecule has 0 spiro atoms. The molecule has 0 atom stereocenters. The number of hydrogen-bond donors (Lipinski definition) is 2. The van der Waals surface area contributed by atoms with Gasteiger partial charge in [0.2, 0.25) is 0 Å². The van der Waals surface area contributed by atoms with Crippen LogP contribution in [0.15, 0.2) is 36.4 Å². The number of phenolic OH excluding ortho intramolecular Hbond substituents is 2. The maximum Gasteiger partial charge on any atom is 0.115 e. The van der Waals surface area contributed by atoms with Crippen LogP contribution in [0.3, 0.4) is 0 Å². The molecule has 0 bridgehead atoms. The summed E-state index contributed by atoms with van der Waals surface area (Å²) in [7, 11) is 0. The summed E-state index contributed by atoms with van der Waals surface area (Å²) in [5.74, 6) is 2.93. The molecule has 0 aliphatic heterocycles. The molecule has 1 aliphatic carbocycles. The molecule has 0 fully saturated rings. The number of phenols is 2. The summed E-state index contributed by atoms with van der Waals surface area (Å²) in [5.41, 5.74) is 3.91. The lowest BCUT2D eigenvalue weighted by molar-refractivity contribution is 0.474. The van der Waals surface area contributed by atoms with Crippen molar-refractivity contribution in [1.29, 1.82) is 0 Å². The van der Waals surface area contributed by atoms with Crippen molar-refractivity contribution in [2.75, 3.05) is 0 Å². The molecule has 3 rings (SSSR count). The van der Waals surface area contributed by atoms with Crippen LogP contribution >= 0.6 is 0 Å². The van der Waals surface area contributed by atoms with Gasteiger partial charge in [0, 0.05) is 0 Å². The highest BCUT2D eigenvalue weighted by atomic mass is 16.3. The molecule has 2 nitrogen and oxygen atoms in total. The van der Waals surface area contributed by atoms with Crippen molar-refractivity contribution >= 4 is 0 Å². The molecule has 0 unspecified atom stereocenters. The average molecular weight is 222 g/mol. The minimum Gasteiger partial charge on any atom is -0.508 e. The normalized spacial score (nSPS) is 12.9. The van der Waals surface area contributed by atoms with Crippen molar-refractivity contribution < 1.29 is 10.2 Å². The van der Waals surface area contributed by atoms with E-state index in [1.165, 1.54) is 0 Å². The molecule has 1 aliphatic rings. The predicted octanol–water partition coefficient (Wildman–Crippen LogP) is 2.84. The SMILES string of the molecule is C#CC1c2cc(O)ccc2-c2ccc(O)cc21. The second-order valence-electron chi connectivity index (χ2n) is 4.14. The third kappa shape index (κ3) is 1.29. The van der Waals surface area contributed by atoms with Gasteiger partial charge in [-0.05, 0) is 46.5 Å². The maximum atomic E-state index is 9.53. The predicted molar refractivity (Wildman–Crippen MR) is 65.9 cm³/mol. The van der Waals surface area contributed by atoms with Crippen LogP contribution in [0.25, 0.3) is 11.1 Å². The Morgan fingerprint density at radius 2 is 1.35 bits per heavy atom. The summed E-state index contributed by atoms with van der Waals surface area (Å²) in [5, 5.41) is 19.1. The van der Waals surface area contributed by atoms with Gasteiger partial charge >= 0.3 is 0 Å². The Balaban J connectivity index is 2.33. The number of rotatable bonds is 0. The highest BCUT2D eigenvalue weighted by Crippen LogP contribution is 2.46. The second kappa shape index (κ2) is 3.29. The molecule has 2 aromatic rings.